The quantitative estimate of drug-likeness (QED) is 0.879. The zero-order chi connectivity index (χ0) is 11.4. The van der Waals surface area contributed by atoms with Gasteiger partial charge in [0.2, 0.25) is 5.91 Å². The maximum absolute atomic E-state index is 11.6. The predicted molar refractivity (Wildman–Crippen MR) is 63.7 cm³/mol. The normalized spacial score (nSPS) is 19.9. The van der Waals surface area contributed by atoms with Gasteiger partial charge in [0, 0.05) is 24.1 Å². The standard InChI is InChI=1S/C11H16N2O2S/c1-8-7-12-11(16-8)13-10(14)5-4-9-3-2-6-15-9/h7,9H,2-6H2,1H3,(H,12,13,14). The first-order valence-corrected chi connectivity index (χ1v) is 6.39. The Kier molecular flexibility index (Phi) is 3.90. The number of aromatic nitrogens is 1. The van der Waals surface area contributed by atoms with Gasteiger partial charge in [0.05, 0.1) is 6.10 Å². The van der Waals surface area contributed by atoms with Gasteiger partial charge < -0.3 is 10.1 Å². The van der Waals surface area contributed by atoms with Crippen molar-refractivity contribution in [3.63, 3.8) is 0 Å². The number of hydrogen-bond acceptors (Lipinski definition) is 4. The first-order valence-electron chi connectivity index (χ1n) is 5.58. The van der Waals surface area contributed by atoms with E-state index >= 15 is 0 Å². The van der Waals surface area contributed by atoms with Crippen LogP contribution in [0.5, 0.6) is 0 Å². The summed E-state index contributed by atoms with van der Waals surface area (Å²) in [7, 11) is 0. The van der Waals surface area contributed by atoms with E-state index in [1.165, 1.54) is 11.3 Å². The number of thiazole rings is 1. The molecule has 0 radical (unpaired) electrons. The second kappa shape index (κ2) is 5.41. The number of ether oxygens (including phenoxy) is 1. The van der Waals surface area contributed by atoms with Gasteiger partial charge in [0.1, 0.15) is 0 Å². The van der Waals surface area contributed by atoms with Crippen molar-refractivity contribution in [1.82, 2.24) is 4.98 Å². The van der Waals surface area contributed by atoms with Gasteiger partial charge in [-0.25, -0.2) is 4.98 Å². The van der Waals surface area contributed by atoms with Crippen molar-refractivity contribution >= 4 is 22.4 Å². The molecule has 16 heavy (non-hydrogen) atoms. The Morgan fingerprint density at radius 1 is 1.75 bits per heavy atom. The number of nitrogens with one attached hydrogen (secondary N) is 1. The topological polar surface area (TPSA) is 51.2 Å². The number of hydrogen-bond donors (Lipinski definition) is 1. The van der Waals surface area contributed by atoms with Crippen molar-refractivity contribution in [1.29, 1.82) is 0 Å². The molecule has 1 aromatic heterocycles. The first kappa shape index (κ1) is 11.5. The van der Waals surface area contributed by atoms with Crippen molar-refractivity contribution in [3.05, 3.63) is 11.1 Å². The minimum atomic E-state index is 0.0323. The van der Waals surface area contributed by atoms with E-state index in [1.54, 1.807) is 6.20 Å². The van der Waals surface area contributed by atoms with Gasteiger partial charge in [0.25, 0.3) is 0 Å². The van der Waals surface area contributed by atoms with Crippen LogP contribution in [-0.2, 0) is 9.53 Å². The molecule has 2 heterocycles. The summed E-state index contributed by atoms with van der Waals surface area (Å²) in [4.78, 5) is 16.8. The molecule has 1 N–H and O–H groups in total. The van der Waals surface area contributed by atoms with Crippen LogP contribution in [0.4, 0.5) is 5.13 Å². The molecule has 0 spiro atoms. The van der Waals surface area contributed by atoms with Gasteiger partial charge in [-0.15, -0.1) is 11.3 Å². The highest BCUT2D eigenvalue weighted by Gasteiger charge is 2.16. The maximum atomic E-state index is 11.6. The second-order valence-corrected chi connectivity index (χ2v) is 5.23. The number of aryl methyl sites for hydroxylation is 1. The summed E-state index contributed by atoms with van der Waals surface area (Å²) in [6, 6.07) is 0. The van der Waals surface area contributed by atoms with E-state index in [9.17, 15) is 4.79 Å². The number of carbonyl (C=O) groups excluding carboxylic acids is 1. The van der Waals surface area contributed by atoms with Crippen LogP contribution >= 0.6 is 11.3 Å². The summed E-state index contributed by atoms with van der Waals surface area (Å²) >= 11 is 1.50. The van der Waals surface area contributed by atoms with Crippen LogP contribution in [0, 0.1) is 6.92 Å². The van der Waals surface area contributed by atoms with E-state index in [0.717, 1.165) is 30.7 Å². The average molecular weight is 240 g/mol. The Hall–Kier alpha value is -0.940. The monoisotopic (exact) mass is 240 g/mol. The molecule has 1 aliphatic heterocycles. The molecule has 0 saturated carbocycles. The average Bonchev–Trinajstić information content (AvgIpc) is 2.87. The molecule has 5 heteroatoms. The Labute approximate surface area is 99.0 Å². The van der Waals surface area contributed by atoms with Gasteiger partial charge in [-0.1, -0.05) is 0 Å². The van der Waals surface area contributed by atoms with Crippen LogP contribution in [0.25, 0.3) is 0 Å². The van der Waals surface area contributed by atoms with Gasteiger partial charge in [-0.2, -0.15) is 0 Å². The highest BCUT2D eigenvalue weighted by molar-refractivity contribution is 7.15. The Morgan fingerprint density at radius 2 is 2.62 bits per heavy atom. The molecule has 1 fully saturated rings. The molecule has 1 unspecified atom stereocenters. The third-order valence-corrected chi connectivity index (χ3v) is 3.41. The maximum Gasteiger partial charge on any atom is 0.226 e. The van der Waals surface area contributed by atoms with Crippen molar-refractivity contribution in [2.75, 3.05) is 11.9 Å². The number of carbonyl (C=O) groups is 1. The highest BCUT2D eigenvalue weighted by Crippen LogP contribution is 2.19. The predicted octanol–water partition coefficient (Wildman–Crippen LogP) is 2.35. The molecule has 1 aromatic rings. The third-order valence-electron chi connectivity index (χ3n) is 2.58. The van der Waals surface area contributed by atoms with Gasteiger partial charge in [-0.05, 0) is 26.2 Å². The molecule has 1 amide bonds. The molecule has 0 aliphatic carbocycles. The summed E-state index contributed by atoms with van der Waals surface area (Å²) in [5.41, 5.74) is 0. The lowest BCUT2D eigenvalue weighted by atomic mass is 10.1. The molecule has 0 aromatic carbocycles. The van der Waals surface area contributed by atoms with Crippen molar-refractivity contribution in [2.24, 2.45) is 0 Å². The van der Waals surface area contributed by atoms with Gasteiger partial charge in [-0.3, -0.25) is 4.79 Å². The lowest BCUT2D eigenvalue weighted by Crippen LogP contribution is -2.15. The molecule has 0 bridgehead atoms. The van der Waals surface area contributed by atoms with E-state index in [1.807, 2.05) is 6.92 Å². The molecule has 4 nitrogen and oxygen atoms in total. The Balaban J connectivity index is 1.71. The smallest absolute Gasteiger partial charge is 0.226 e. The molecule has 2 rings (SSSR count). The molecule has 1 saturated heterocycles. The minimum absolute atomic E-state index is 0.0323. The number of amides is 1. The van der Waals surface area contributed by atoms with Gasteiger partial charge >= 0.3 is 0 Å². The van der Waals surface area contributed by atoms with Crippen molar-refractivity contribution < 1.29 is 9.53 Å². The van der Waals surface area contributed by atoms with Crippen LogP contribution in [0.15, 0.2) is 6.20 Å². The summed E-state index contributed by atoms with van der Waals surface area (Å²) < 4.78 is 5.46. The van der Waals surface area contributed by atoms with E-state index in [0.29, 0.717) is 11.6 Å². The van der Waals surface area contributed by atoms with Crippen molar-refractivity contribution in [3.8, 4) is 0 Å². The zero-order valence-corrected chi connectivity index (χ0v) is 10.2. The summed E-state index contributed by atoms with van der Waals surface area (Å²) in [5.74, 6) is 0.0323. The van der Waals surface area contributed by atoms with E-state index in [-0.39, 0.29) is 12.0 Å². The molecule has 1 aliphatic rings. The first-order chi connectivity index (χ1) is 7.74. The largest absolute Gasteiger partial charge is 0.378 e. The van der Waals surface area contributed by atoms with Crippen molar-refractivity contribution in [2.45, 2.75) is 38.7 Å². The van der Waals surface area contributed by atoms with E-state index < -0.39 is 0 Å². The summed E-state index contributed by atoms with van der Waals surface area (Å²) in [5, 5.41) is 3.49. The fraction of sp³-hybridized carbons (Fsp3) is 0.636. The van der Waals surface area contributed by atoms with E-state index in [4.69, 9.17) is 4.74 Å². The van der Waals surface area contributed by atoms with Crippen LogP contribution in [0.2, 0.25) is 0 Å². The lowest BCUT2D eigenvalue weighted by Gasteiger charge is -2.07. The highest BCUT2D eigenvalue weighted by atomic mass is 32.1. The lowest BCUT2D eigenvalue weighted by molar-refractivity contribution is -0.116. The third kappa shape index (κ3) is 3.28. The molecule has 1 atom stereocenters. The molecular weight excluding hydrogens is 224 g/mol. The van der Waals surface area contributed by atoms with Gasteiger partial charge in [0.15, 0.2) is 5.13 Å². The second-order valence-electron chi connectivity index (χ2n) is 4.00. The number of nitrogens with zero attached hydrogens (tertiary/aromatic N) is 1. The Morgan fingerprint density at radius 3 is 3.25 bits per heavy atom. The SMILES string of the molecule is Cc1cnc(NC(=O)CCC2CCCO2)s1. The minimum Gasteiger partial charge on any atom is -0.378 e. The van der Waals surface area contributed by atoms with Crippen LogP contribution < -0.4 is 5.32 Å². The van der Waals surface area contributed by atoms with Crippen LogP contribution in [0.3, 0.4) is 0 Å². The Bertz CT molecular complexity index is 359. The summed E-state index contributed by atoms with van der Waals surface area (Å²) in [6.45, 7) is 2.82. The fourth-order valence-corrected chi connectivity index (χ4v) is 2.44. The molecule has 88 valence electrons. The zero-order valence-electron chi connectivity index (χ0n) is 9.36. The summed E-state index contributed by atoms with van der Waals surface area (Å²) in [6.07, 6.45) is 5.59. The number of anilines is 1. The van der Waals surface area contributed by atoms with Crippen LogP contribution in [0.1, 0.15) is 30.6 Å². The molecular formula is C11H16N2O2S. The van der Waals surface area contributed by atoms with Crippen LogP contribution in [-0.4, -0.2) is 23.6 Å². The number of rotatable bonds is 4. The fourth-order valence-electron chi connectivity index (χ4n) is 1.76. The van der Waals surface area contributed by atoms with E-state index in [2.05, 4.69) is 10.3 Å².